The molecule has 0 saturated heterocycles. The Hall–Kier alpha value is -0.553. The molecule has 0 atom stereocenters. The van der Waals surface area contributed by atoms with Gasteiger partial charge in [-0.1, -0.05) is 59.0 Å². The fourth-order valence-corrected chi connectivity index (χ4v) is 2.86. The monoisotopic (exact) mass is 250 g/mol. The van der Waals surface area contributed by atoms with Crippen LogP contribution in [0.2, 0.25) is 18.1 Å². The molecule has 2 heteroatoms. The second-order valence-corrected chi connectivity index (χ2v) is 12.0. The predicted molar refractivity (Wildman–Crippen MR) is 76.6 cm³/mol. The van der Waals surface area contributed by atoms with E-state index in [4.69, 9.17) is 0 Å². The first-order valence-corrected chi connectivity index (χ1v) is 9.73. The molecule has 96 valence electrons. The average molecular weight is 250 g/mol. The number of carbonyl (C=O) groups excluding carboxylic acids is 1. The molecule has 0 bridgehead atoms. The zero-order valence-electron chi connectivity index (χ0n) is 12.0. The first-order chi connectivity index (χ1) is 7.72. The fraction of sp³-hybridized carbons (Fsp3) is 0.800. The molecule has 0 aliphatic heterocycles. The van der Waals surface area contributed by atoms with E-state index in [0.29, 0.717) is 0 Å². The second kappa shape index (κ2) is 4.98. The highest BCUT2D eigenvalue weighted by atomic mass is 28.3. The Kier molecular flexibility index (Phi) is 4.25. The predicted octanol–water partition coefficient (Wildman–Crippen LogP) is 4.19. The molecule has 0 N–H and O–H groups in total. The summed E-state index contributed by atoms with van der Waals surface area (Å²) in [5, 5.41) is 0.277. The summed E-state index contributed by atoms with van der Waals surface area (Å²) in [7, 11) is -1.57. The number of carbonyl (C=O) groups is 1. The van der Waals surface area contributed by atoms with Crippen molar-refractivity contribution in [3.05, 3.63) is 0 Å². The van der Waals surface area contributed by atoms with E-state index in [-0.39, 0.29) is 10.5 Å². The lowest BCUT2D eigenvalue weighted by molar-refractivity contribution is -0.114. The van der Waals surface area contributed by atoms with Gasteiger partial charge < -0.3 is 4.79 Å². The summed E-state index contributed by atoms with van der Waals surface area (Å²) in [5.41, 5.74) is 3.21. The van der Waals surface area contributed by atoms with E-state index < -0.39 is 8.07 Å². The van der Waals surface area contributed by atoms with Crippen LogP contribution in [-0.2, 0) is 4.79 Å². The Bertz CT molecular complexity index is 332. The summed E-state index contributed by atoms with van der Waals surface area (Å²) in [6.07, 6.45) is 6.63. The third-order valence-electron chi connectivity index (χ3n) is 4.47. The SMILES string of the molecule is CC(C)(C)[Si](C)(C)C#CC1(C=O)CCCCC1. The highest BCUT2D eigenvalue weighted by molar-refractivity contribution is 6.87. The van der Waals surface area contributed by atoms with Crippen molar-refractivity contribution in [3.8, 4) is 11.5 Å². The first kappa shape index (κ1) is 14.5. The van der Waals surface area contributed by atoms with Gasteiger partial charge in [-0.15, -0.1) is 5.54 Å². The van der Waals surface area contributed by atoms with Crippen LogP contribution < -0.4 is 0 Å². The van der Waals surface area contributed by atoms with Gasteiger partial charge >= 0.3 is 0 Å². The molecule has 0 unspecified atom stereocenters. The van der Waals surface area contributed by atoms with E-state index in [9.17, 15) is 4.79 Å². The minimum absolute atomic E-state index is 0.277. The third kappa shape index (κ3) is 3.45. The van der Waals surface area contributed by atoms with Crippen molar-refractivity contribution in [2.24, 2.45) is 5.41 Å². The van der Waals surface area contributed by atoms with Crippen LogP contribution in [0.4, 0.5) is 0 Å². The molecule has 0 aromatic heterocycles. The third-order valence-corrected chi connectivity index (χ3v) is 8.97. The molecule has 0 amide bonds. The topological polar surface area (TPSA) is 17.1 Å². The van der Waals surface area contributed by atoms with Crippen LogP contribution >= 0.6 is 0 Å². The zero-order valence-corrected chi connectivity index (χ0v) is 13.0. The summed E-state index contributed by atoms with van der Waals surface area (Å²) >= 11 is 0. The maximum atomic E-state index is 11.4. The Morgan fingerprint density at radius 1 is 1.12 bits per heavy atom. The van der Waals surface area contributed by atoms with E-state index >= 15 is 0 Å². The molecule has 17 heavy (non-hydrogen) atoms. The summed E-state index contributed by atoms with van der Waals surface area (Å²) in [5.74, 6) is 3.38. The van der Waals surface area contributed by atoms with Gasteiger partial charge in [0, 0.05) is 0 Å². The van der Waals surface area contributed by atoms with Gasteiger partial charge in [-0.25, -0.2) is 0 Å². The van der Waals surface area contributed by atoms with Gasteiger partial charge in [0.1, 0.15) is 14.4 Å². The van der Waals surface area contributed by atoms with Crippen LogP contribution in [0.3, 0.4) is 0 Å². The zero-order chi connectivity index (χ0) is 13.2. The summed E-state index contributed by atoms with van der Waals surface area (Å²) in [4.78, 5) is 11.4. The van der Waals surface area contributed by atoms with Crippen LogP contribution in [0.15, 0.2) is 0 Å². The van der Waals surface area contributed by atoms with Crippen molar-refractivity contribution >= 4 is 14.4 Å². The molecule has 0 aromatic rings. The highest BCUT2D eigenvalue weighted by Crippen LogP contribution is 2.37. The standard InChI is InChI=1S/C15H26OSi/c1-14(2,3)17(4,5)12-11-15(13-16)9-7-6-8-10-15/h13H,6-10H2,1-5H3. The van der Waals surface area contributed by atoms with Gasteiger partial charge in [0.15, 0.2) is 0 Å². The van der Waals surface area contributed by atoms with Crippen molar-refractivity contribution in [1.82, 2.24) is 0 Å². The van der Waals surface area contributed by atoms with E-state index in [1.807, 2.05) is 0 Å². The Labute approximate surface area is 107 Å². The minimum atomic E-state index is -1.57. The van der Waals surface area contributed by atoms with E-state index in [0.717, 1.165) is 32.0 Å². The lowest BCUT2D eigenvalue weighted by Crippen LogP contribution is -2.36. The van der Waals surface area contributed by atoms with Crippen molar-refractivity contribution < 1.29 is 4.79 Å². The largest absolute Gasteiger partial charge is 0.302 e. The van der Waals surface area contributed by atoms with Gasteiger partial charge in [-0.2, -0.15) is 0 Å². The van der Waals surface area contributed by atoms with E-state index in [1.54, 1.807) is 0 Å². The highest BCUT2D eigenvalue weighted by Gasteiger charge is 2.35. The van der Waals surface area contributed by atoms with Crippen molar-refractivity contribution in [2.45, 2.75) is 71.0 Å². The number of rotatable bonds is 1. The molecule has 0 radical (unpaired) electrons. The summed E-state index contributed by atoms with van der Waals surface area (Å²) in [6.45, 7) is 11.4. The van der Waals surface area contributed by atoms with Gasteiger partial charge in [-0.3, -0.25) is 0 Å². The van der Waals surface area contributed by atoms with E-state index in [2.05, 4.69) is 45.3 Å². The quantitative estimate of drug-likeness (QED) is 0.387. The molecule has 1 aliphatic rings. The van der Waals surface area contributed by atoms with Crippen LogP contribution in [0.5, 0.6) is 0 Å². The van der Waals surface area contributed by atoms with Crippen LogP contribution in [0.1, 0.15) is 52.9 Å². The number of aldehydes is 1. The molecule has 1 aliphatic carbocycles. The average Bonchev–Trinajstić information content (AvgIpc) is 2.26. The Morgan fingerprint density at radius 2 is 1.65 bits per heavy atom. The molecule has 1 fully saturated rings. The lowest BCUT2D eigenvalue weighted by atomic mass is 9.76. The summed E-state index contributed by atoms with van der Waals surface area (Å²) in [6, 6.07) is 0. The van der Waals surface area contributed by atoms with Crippen LogP contribution in [0, 0.1) is 16.9 Å². The van der Waals surface area contributed by atoms with Gasteiger partial charge in [-0.05, 0) is 17.9 Å². The van der Waals surface area contributed by atoms with Crippen LogP contribution in [-0.4, -0.2) is 14.4 Å². The molecule has 0 aromatic carbocycles. The second-order valence-electron chi connectivity index (χ2n) is 6.96. The number of hydrogen-bond donors (Lipinski definition) is 0. The normalized spacial score (nSPS) is 20.3. The molecular weight excluding hydrogens is 224 g/mol. The molecule has 1 rings (SSSR count). The van der Waals surface area contributed by atoms with Crippen molar-refractivity contribution in [2.75, 3.05) is 0 Å². The molecular formula is C15H26OSi. The minimum Gasteiger partial charge on any atom is -0.302 e. The van der Waals surface area contributed by atoms with Crippen molar-refractivity contribution in [3.63, 3.8) is 0 Å². The van der Waals surface area contributed by atoms with Gasteiger partial charge in [0.2, 0.25) is 0 Å². The van der Waals surface area contributed by atoms with Gasteiger partial charge in [0.05, 0.1) is 5.41 Å². The molecule has 0 spiro atoms. The molecule has 1 saturated carbocycles. The Balaban J connectivity index is 2.92. The van der Waals surface area contributed by atoms with Crippen molar-refractivity contribution in [1.29, 1.82) is 0 Å². The molecule has 1 nitrogen and oxygen atoms in total. The fourth-order valence-electron chi connectivity index (χ4n) is 1.92. The Morgan fingerprint density at radius 3 is 2.06 bits per heavy atom. The number of hydrogen-bond acceptors (Lipinski definition) is 1. The lowest BCUT2D eigenvalue weighted by Gasteiger charge is -2.33. The maximum absolute atomic E-state index is 11.4. The van der Waals surface area contributed by atoms with E-state index in [1.165, 1.54) is 6.42 Å². The molecule has 0 heterocycles. The summed E-state index contributed by atoms with van der Waals surface area (Å²) < 4.78 is 0. The van der Waals surface area contributed by atoms with Crippen LogP contribution in [0.25, 0.3) is 0 Å². The van der Waals surface area contributed by atoms with Gasteiger partial charge in [0.25, 0.3) is 0 Å². The first-order valence-electron chi connectivity index (χ1n) is 6.73. The smallest absolute Gasteiger partial charge is 0.138 e. The maximum Gasteiger partial charge on any atom is 0.138 e.